The number of carbonyl (C=O) groups is 3. The number of hydrogen-bond donors (Lipinski definition) is 0. The first-order valence-electron chi connectivity index (χ1n) is 12.5. The van der Waals surface area contributed by atoms with Gasteiger partial charge in [-0.15, -0.1) is 13.2 Å². The van der Waals surface area contributed by atoms with E-state index in [4.69, 9.17) is 28.4 Å². The van der Waals surface area contributed by atoms with E-state index in [1.807, 2.05) is 6.92 Å². The van der Waals surface area contributed by atoms with Gasteiger partial charge in [0.1, 0.15) is 16.8 Å². The fraction of sp³-hybridized carbons (Fsp3) is 0.552. The predicted octanol–water partition coefficient (Wildman–Crippen LogP) is 4.93. The standard InChI is InChI=1S/C29H42O9/c1-10-13-34-19-28(6,7)37-25(31)22-15-21(24(30)36-27(4,5)18-33-12-3)16-23(17-22)26(32)38-29(8,9)20-35-14-11-2/h10-11,15-17H,1-2,12-14,18-20H2,3-9H3. The summed E-state index contributed by atoms with van der Waals surface area (Å²) in [6.07, 6.45) is 3.17. The molecular weight excluding hydrogens is 492 g/mol. The van der Waals surface area contributed by atoms with Gasteiger partial charge in [0, 0.05) is 6.61 Å². The van der Waals surface area contributed by atoms with Gasteiger partial charge in [0.25, 0.3) is 0 Å². The first kappa shape index (κ1) is 33.0. The molecule has 0 fully saturated rings. The maximum Gasteiger partial charge on any atom is 0.338 e. The van der Waals surface area contributed by atoms with Crippen LogP contribution < -0.4 is 0 Å². The Labute approximate surface area is 226 Å². The SMILES string of the molecule is C=CCOCC(C)(C)OC(=O)c1cc(C(=O)OC(C)(C)COCC)cc(C(=O)OC(C)(C)COCC=C)c1. The lowest BCUT2D eigenvalue weighted by Gasteiger charge is -2.26. The summed E-state index contributed by atoms with van der Waals surface area (Å²) in [5.41, 5.74) is -2.97. The molecule has 0 heterocycles. The molecule has 0 aliphatic rings. The van der Waals surface area contributed by atoms with E-state index in [0.29, 0.717) is 19.8 Å². The van der Waals surface area contributed by atoms with E-state index >= 15 is 0 Å². The van der Waals surface area contributed by atoms with Crippen molar-refractivity contribution in [2.45, 2.75) is 65.3 Å². The van der Waals surface area contributed by atoms with Crippen LogP contribution in [0.15, 0.2) is 43.5 Å². The van der Waals surface area contributed by atoms with Crippen LogP contribution in [0.25, 0.3) is 0 Å². The van der Waals surface area contributed by atoms with E-state index in [-0.39, 0.29) is 36.5 Å². The van der Waals surface area contributed by atoms with Crippen LogP contribution in [0.2, 0.25) is 0 Å². The van der Waals surface area contributed by atoms with Gasteiger partial charge in [-0.3, -0.25) is 0 Å². The maximum absolute atomic E-state index is 13.1. The topological polar surface area (TPSA) is 107 Å². The first-order valence-corrected chi connectivity index (χ1v) is 12.5. The molecule has 0 saturated heterocycles. The van der Waals surface area contributed by atoms with Crippen molar-refractivity contribution >= 4 is 17.9 Å². The summed E-state index contributed by atoms with van der Waals surface area (Å²) >= 11 is 0. The molecule has 0 bridgehead atoms. The molecule has 0 radical (unpaired) electrons. The Balaban J connectivity index is 3.31. The second kappa shape index (κ2) is 14.8. The van der Waals surface area contributed by atoms with Gasteiger partial charge in [-0.05, 0) is 66.7 Å². The Kier molecular flexibility index (Phi) is 12.9. The molecule has 212 valence electrons. The molecule has 38 heavy (non-hydrogen) atoms. The normalized spacial score (nSPS) is 12.0. The van der Waals surface area contributed by atoms with Crippen molar-refractivity contribution in [3.63, 3.8) is 0 Å². The average Bonchev–Trinajstić information content (AvgIpc) is 2.81. The molecule has 0 amide bonds. The van der Waals surface area contributed by atoms with E-state index in [9.17, 15) is 14.4 Å². The molecule has 1 aromatic rings. The van der Waals surface area contributed by atoms with Gasteiger partial charge >= 0.3 is 17.9 Å². The second-order valence-electron chi connectivity index (χ2n) is 10.5. The zero-order chi connectivity index (χ0) is 29.0. The Morgan fingerprint density at radius 3 is 1.18 bits per heavy atom. The highest BCUT2D eigenvalue weighted by atomic mass is 16.6. The van der Waals surface area contributed by atoms with Gasteiger partial charge in [-0.1, -0.05) is 12.2 Å². The zero-order valence-electron chi connectivity index (χ0n) is 23.7. The Hall–Kier alpha value is -3.01. The summed E-state index contributed by atoms with van der Waals surface area (Å²) < 4.78 is 33.0. The van der Waals surface area contributed by atoms with Crippen molar-refractivity contribution in [3.8, 4) is 0 Å². The minimum absolute atomic E-state index is 0.0163. The smallest absolute Gasteiger partial charge is 0.338 e. The molecule has 0 spiro atoms. The number of benzene rings is 1. The summed E-state index contributed by atoms with van der Waals surface area (Å²) in [4.78, 5) is 39.2. The fourth-order valence-electron chi connectivity index (χ4n) is 3.12. The number of esters is 3. The lowest BCUT2D eigenvalue weighted by Crippen LogP contribution is -2.35. The summed E-state index contributed by atoms with van der Waals surface area (Å²) in [5, 5.41) is 0. The summed E-state index contributed by atoms with van der Waals surface area (Å²) in [6.45, 7) is 20.6. The van der Waals surface area contributed by atoms with Gasteiger partial charge < -0.3 is 28.4 Å². The van der Waals surface area contributed by atoms with Gasteiger partial charge in [0.2, 0.25) is 0 Å². The third-order valence-corrected chi connectivity index (χ3v) is 4.77. The third-order valence-electron chi connectivity index (χ3n) is 4.77. The Bertz CT molecular complexity index is 918. The van der Waals surface area contributed by atoms with Crippen molar-refractivity contribution < 1.29 is 42.8 Å². The number of hydrogen-bond acceptors (Lipinski definition) is 9. The first-order chi connectivity index (χ1) is 17.6. The molecule has 0 aliphatic carbocycles. The van der Waals surface area contributed by atoms with E-state index in [0.717, 1.165) is 0 Å². The molecule has 0 N–H and O–H groups in total. The lowest BCUT2D eigenvalue weighted by molar-refractivity contribution is -0.0448. The average molecular weight is 535 g/mol. The highest BCUT2D eigenvalue weighted by molar-refractivity contribution is 6.00. The molecule has 0 unspecified atom stereocenters. The fourth-order valence-corrected chi connectivity index (χ4v) is 3.12. The highest BCUT2D eigenvalue weighted by Crippen LogP contribution is 2.22. The number of carbonyl (C=O) groups excluding carboxylic acids is 3. The minimum atomic E-state index is -0.985. The second-order valence-corrected chi connectivity index (χ2v) is 10.5. The highest BCUT2D eigenvalue weighted by Gasteiger charge is 2.30. The van der Waals surface area contributed by atoms with Crippen LogP contribution in [0.1, 0.15) is 79.5 Å². The van der Waals surface area contributed by atoms with Crippen LogP contribution in [-0.2, 0) is 28.4 Å². The largest absolute Gasteiger partial charge is 0.454 e. The molecule has 9 nitrogen and oxygen atoms in total. The van der Waals surface area contributed by atoms with Crippen molar-refractivity contribution in [1.82, 2.24) is 0 Å². The van der Waals surface area contributed by atoms with E-state index in [1.54, 1.807) is 53.7 Å². The summed E-state index contributed by atoms with van der Waals surface area (Å²) in [5.74, 6) is -2.23. The van der Waals surface area contributed by atoms with Crippen molar-refractivity contribution in [2.24, 2.45) is 0 Å². The molecular formula is C29H42O9. The van der Waals surface area contributed by atoms with Gasteiger partial charge in [-0.25, -0.2) is 14.4 Å². The van der Waals surface area contributed by atoms with E-state index in [1.165, 1.54) is 18.2 Å². The minimum Gasteiger partial charge on any atom is -0.454 e. The predicted molar refractivity (Wildman–Crippen MR) is 143 cm³/mol. The van der Waals surface area contributed by atoms with Gasteiger partial charge in [0.15, 0.2) is 0 Å². The van der Waals surface area contributed by atoms with Crippen molar-refractivity contribution in [1.29, 1.82) is 0 Å². The van der Waals surface area contributed by atoms with Crippen LogP contribution in [0, 0.1) is 0 Å². The van der Waals surface area contributed by atoms with Crippen LogP contribution in [0.3, 0.4) is 0 Å². The Morgan fingerprint density at radius 2 is 0.921 bits per heavy atom. The molecule has 9 heteroatoms. The molecule has 0 saturated carbocycles. The lowest BCUT2D eigenvalue weighted by atomic mass is 10.0. The molecule has 1 rings (SSSR count). The van der Waals surface area contributed by atoms with E-state index in [2.05, 4.69) is 13.2 Å². The summed E-state index contributed by atoms with van der Waals surface area (Å²) in [7, 11) is 0. The third kappa shape index (κ3) is 12.0. The number of rotatable bonds is 17. The maximum atomic E-state index is 13.1. The van der Waals surface area contributed by atoms with Crippen molar-refractivity contribution in [2.75, 3.05) is 39.6 Å². The van der Waals surface area contributed by atoms with Gasteiger partial charge in [0.05, 0.1) is 49.7 Å². The summed E-state index contributed by atoms with van der Waals surface area (Å²) in [6, 6.07) is 3.95. The number of ether oxygens (including phenoxy) is 6. The molecule has 0 aliphatic heterocycles. The van der Waals surface area contributed by atoms with Gasteiger partial charge in [-0.2, -0.15) is 0 Å². The monoisotopic (exact) mass is 534 g/mol. The quantitative estimate of drug-likeness (QED) is 0.119. The van der Waals surface area contributed by atoms with Crippen LogP contribution >= 0.6 is 0 Å². The van der Waals surface area contributed by atoms with E-state index < -0.39 is 34.7 Å². The Morgan fingerprint density at radius 1 is 0.632 bits per heavy atom. The van der Waals surface area contributed by atoms with Crippen LogP contribution in [0.4, 0.5) is 0 Å². The molecule has 0 aromatic heterocycles. The van der Waals surface area contributed by atoms with Crippen molar-refractivity contribution in [3.05, 3.63) is 60.2 Å². The molecule has 1 aromatic carbocycles. The zero-order valence-corrected chi connectivity index (χ0v) is 23.7. The van der Waals surface area contributed by atoms with Crippen LogP contribution in [-0.4, -0.2) is 74.4 Å². The molecule has 0 atom stereocenters. The van der Waals surface area contributed by atoms with Crippen LogP contribution in [0.5, 0.6) is 0 Å².